The molecule has 0 bridgehead atoms. The SMILES string of the molecule is C/C(=C\c1ccc(OCc2ccccc2)c(OCc2ccccc2)c1)C(=O)N1CCN(C(=O)OC(C)(C)C)CC1c1cc(F)cc(F)c1. The summed E-state index contributed by atoms with van der Waals surface area (Å²) in [7, 11) is 0. The average Bonchev–Trinajstić information content (AvgIpc) is 3.06. The lowest BCUT2D eigenvalue weighted by molar-refractivity contribution is -0.132. The number of piperazine rings is 1. The summed E-state index contributed by atoms with van der Waals surface area (Å²) in [5.74, 6) is -0.789. The summed E-state index contributed by atoms with van der Waals surface area (Å²) in [6.45, 7) is 8.01. The Labute approximate surface area is 280 Å². The molecule has 4 aromatic rings. The van der Waals surface area contributed by atoms with E-state index in [1.54, 1.807) is 38.7 Å². The maximum Gasteiger partial charge on any atom is 0.410 e. The second-order valence-electron chi connectivity index (χ2n) is 12.7. The van der Waals surface area contributed by atoms with Crippen molar-refractivity contribution in [3.8, 4) is 11.5 Å². The van der Waals surface area contributed by atoms with Crippen molar-refractivity contribution in [3.63, 3.8) is 0 Å². The number of amides is 2. The van der Waals surface area contributed by atoms with Crippen LogP contribution in [0.4, 0.5) is 13.6 Å². The highest BCUT2D eigenvalue weighted by atomic mass is 19.1. The Morgan fingerprint density at radius 2 is 1.38 bits per heavy atom. The van der Waals surface area contributed by atoms with E-state index in [-0.39, 0.29) is 31.1 Å². The number of rotatable bonds is 9. The Hall–Kier alpha value is -5.18. The van der Waals surface area contributed by atoms with Crippen molar-refractivity contribution in [3.05, 3.63) is 137 Å². The number of halogens is 2. The van der Waals surface area contributed by atoms with Gasteiger partial charge in [0.05, 0.1) is 6.04 Å². The monoisotopic (exact) mass is 654 g/mol. The first kappa shape index (κ1) is 34.2. The lowest BCUT2D eigenvalue weighted by Gasteiger charge is -2.42. The molecular formula is C39H40F2N2O5. The molecule has 0 aliphatic carbocycles. The maximum absolute atomic E-state index is 14.3. The van der Waals surface area contributed by atoms with Gasteiger partial charge in [0.25, 0.3) is 0 Å². The van der Waals surface area contributed by atoms with Crippen LogP contribution in [0, 0.1) is 11.6 Å². The predicted octanol–water partition coefficient (Wildman–Crippen LogP) is 8.35. The molecule has 1 aliphatic heterocycles. The normalized spacial score (nSPS) is 15.2. The maximum atomic E-state index is 14.3. The van der Waals surface area contributed by atoms with E-state index in [0.717, 1.165) is 17.2 Å². The summed E-state index contributed by atoms with van der Waals surface area (Å²) in [5.41, 5.74) is 2.63. The van der Waals surface area contributed by atoms with Crippen molar-refractivity contribution >= 4 is 18.1 Å². The molecule has 1 unspecified atom stereocenters. The number of ether oxygens (including phenoxy) is 3. The molecule has 0 spiro atoms. The van der Waals surface area contributed by atoms with Gasteiger partial charge in [0.1, 0.15) is 30.4 Å². The number of benzene rings is 4. The molecule has 2 amide bonds. The van der Waals surface area contributed by atoms with Gasteiger partial charge in [0, 0.05) is 31.3 Å². The van der Waals surface area contributed by atoms with Crippen LogP contribution >= 0.6 is 0 Å². The van der Waals surface area contributed by atoms with Crippen molar-refractivity contribution in [1.82, 2.24) is 9.80 Å². The Bertz CT molecular complexity index is 1740. The zero-order valence-corrected chi connectivity index (χ0v) is 27.6. The smallest absolute Gasteiger partial charge is 0.410 e. The third kappa shape index (κ3) is 9.21. The third-order valence-corrected chi connectivity index (χ3v) is 7.73. The summed E-state index contributed by atoms with van der Waals surface area (Å²) in [6.07, 6.45) is 1.18. The molecule has 48 heavy (non-hydrogen) atoms. The second kappa shape index (κ2) is 15.2. The highest BCUT2D eigenvalue weighted by Gasteiger charge is 2.36. The van der Waals surface area contributed by atoms with Crippen molar-refractivity contribution in [1.29, 1.82) is 0 Å². The molecule has 0 radical (unpaired) electrons. The number of nitrogens with zero attached hydrogens (tertiary/aromatic N) is 2. The second-order valence-corrected chi connectivity index (χ2v) is 12.7. The Balaban J connectivity index is 1.40. The Morgan fingerprint density at radius 1 is 0.792 bits per heavy atom. The van der Waals surface area contributed by atoms with E-state index in [1.807, 2.05) is 78.9 Å². The molecule has 1 fully saturated rings. The van der Waals surface area contributed by atoms with E-state index in [9.17, 15) is 18.4 Å². The van der Waals surface area contributed by atoms with Crippen molar-refractivity contribution in [2.24, 2.45) is 0 Å². The van der Waals surface area contributed by atoms with E-state index >= 15 is 0 Å². The molecule has 1 saturated heterocycles. The van der Waals surface area contributed by atoms with E-state index in [1.165, 1.54) is 17.0 Å². The van der Waals surface area contributed by atoms with Crippen molar-refractivity contribution in [2.75, 3.05) is 19.6 Å². The number of hydrogen-bond donors (Lipinski definition) is 0. The van der Waals surface area contributed by atoms with Gasteiger partial charge in [-0.05, 0) is 80.3 Å². The van der Waals surface area contributed by atoms with Gasteiger partial charge in [-0.15, -0.1) is 0 Å². The largest absolute Gasteiger partial charge is 0.485 e. The van der Waals surface area contributed by atoms with Crippen molar-refractivity contribution < 1.29 is 32.6 Å². The summed E-state index contributed by atoms with van der Waals surface area (Å²) >= 11 is 0. The van der Waals surface area contributed by atoms with Crippen LogP contribution in [0.3, 0.4) is 0 Å². The lowest BCUT2D eigenvalue weighted by Crippen LogP contribution is -2.53. The Morgan fingerprint density at radius 3 is 1.96 bits per heavy atom. The molecular weight excluding hydrogens is 614 g/mol. The van der Waals surface area contributed by atoms with Crippen LogP contribution in [0.15, 0.2) is 103 Å². The van der Waals surface area contributed by atoms with Crippen LogP contribution < -0.4 is 9.47 Å². The van der Waals surface area contributed by atoms with Crippen LogP contribution in [0.5, 0.6) is 11.5 Å². The van der Waals surface area contributed by atoms with Gasteiger partial charge < -0.3 is 24.0 Å². The summed E-state index contributed by atoms with van der Waals surface area (Å²) in [5, 5.41) is 0. The van der Waals surface area contributed by atoms with Crippen LogP contribution in [0.25, 0.3) is 6.08 Å². The van der Waals surface area contributed by atoms with Gasteiger partial charge in [-0.25, -0.2) is 13.6 Å². The van der Waals surface area contributed by atoms with E-state index < -0.39 is 29.4 Å². The fourth-order valence-corrected chi connectivity index (χ4v) is 5.43. The quantitative estimate of drug-likeness (QED) is 0.170. The van der Waals surface area contributed by atoms with Crippen LogP contribution in [-0.2, 0) is 22.7 Å². The Kier molecular flexibility index (Phi) is 10.8. The van der Waals surface area contributed by atoms with Gasteiger partial charge in [-0.1, -0.05) is 66.7 Å². The number of carbonyl (C=O) groups is 2. The van der Waals surface area contributed by atoms with Crippen LogP contribution in [0.1, 0.15) is 56.0 Å². The zero-order valence-electron chi connectivity index (χ0n) is 27.6. The lowest BCUT2D eigenvalue weighted by atomic mass is 10.0. The molecule has 0 N–H and O–H groups in total. The van der Waals surface area contributed by atoms with Gasteiger partial charge in [-0.2, -0.15) is 0 Å². The van der Waals surface area contributed by atoms with Crippen LogP contribution in [-0.4, -0.2) is 47.0 Å². The molecule has 1 atom stereocenters. The minimum atomic E-state index is -0.800. The summed E-state index contributed by atoms with van der Waals surface area (Å²) in [6, 6.07) is 27.4. The molecule has 5 rings (SSSR count). The number of hydrogen-bond acceptors (Lipinski definition) is 5. The third-order valence-electron chi connectivity index (χ3n) is 7.73. The van der Waals surface area contributed by atoms with Crippen LogP contribution in [0.2, 0.25) is 0 Å². The van der Waals surface area contributed by atoms with E-state index in [2.05, 4.69) is 0 Å². The highest BCUT2D eigenvalue weighted by molar-refractivity contribution is 5.97. The molecule has 4 aromatic carbocycles. The summed E-state index contributed by atoms with van der Waals surface area (Å²) in [4.78, 5) is 29.9. The van der Waals surface area contributed by atoms with E-state index in [0.29, 0.717) is 35.8 Å². The average molecular weight is 655 g/mol. The van der Waals surface area contributed by atoms with Gasteiger partial charge in [0.15, 0.2) is 11.5 Å². The molecule has 0 aromatic heterocycles. The molecule has 0 saturated carbocycles. The highest BCUT2D eigenvalue weighted by Crippen LogP contribution is 2.33. The first-order valence-electron chi connectivity index (χ1n) is 15.9. The minimum absolute atomic E-state index is 0.0156. The molecule has 9 heteroatoms. The van der Waals surface area contributed by atoms with Gasteiger partial charge in [-0.3, -0.25) is 4.79 Å². The fourth-order valence-electron chi connectivity index (χ4n) is 5.43. The first-order valence-corrected chi connectivity index (χ1v) is 15.9. The van der Waals surface area contributed by atoms with Gasteiger partial charge in [0.2, 0.25) is 5.91 Å². The standard InChI is InChI=1S/C39H40F2N2O5/c1-27(37(44)43-18-17-42(38(45)48-39(2,3)4)24-34(43)31-21-32(40)23-33(41)22-31)19-30-15-16-35(46-25-28-11-7-5-8-12-28)36(20-30)47-26-29-13-9-6-10-14-29/h5-16,19-23,34H,17-18,24-26H2,1-4H3/b27-19+. The van der Waals surface area contributed by atoms with Gasteiger partial charge >= 0.3 is 6.09 Å². The zero-order chi connectivity index (χ0) is 34.3. The van der Waals surface area contributed by atoms with Crippen molar-refractivity contribution in [2.45, 2.75) is 52.6 Å². The fraction of sp³-hybridized carbons (Fsp3) is 0.282. The molecule has 1 heterocycles. The molecule has 1 aliphatic rings. The molecule has 7 nitrogen and oxygen atoms in total. The minimum Gasteiger partial charge on any atom is -0.485 e. The topological polar surface area (TPSA) is 68.3 Å². The number of carbonyl (C=O) groups excluding carboxylic acids is 2. The predicted molar refractivity (Wildman–Crippen MR) is 180 cm³/mol. The first-order chi connectivity index (χ1) is 22.9. The molecule has 250 valence electrons. The summed E-state index contributed by atoms with van der Waals surface area (Å²) < 4.78 is 46.6. The van der Waals surface area contributed by atoms with E-state index in [4.69, 9.17) is 14.2 Å².